The minimum Gasteiger partial charge on any atom is -0.497 e. The minimum absolute atomic E-state index is 0.0462. The third-order valence-corrected chi connectivity index (χ3v) is 5.39. The molecule has 0 aliphatic heterocycles. The molecule has 0 bridgehead atoms. The number of halogens is 2. The molecule has 1 heterocycles. The van der Waals surface area contributed by atoms with Crippen LogP contribution in [0.25, 0.3) is 0 Å². The number of methoxy groups -OCH3 is 1. The molecular weight excluding hydrogens is 471 g/mol. The molecule has 1 N–H and O–H groups in total. The summed E-state index contributed by atoms with van der Waals surface area (Å²) in [4.78, 5) is 36.9. The van der Waals surface area contributed by atoms with E-state index in [0.29, 0.717) is 27.7 Å². The van der Waals surface area contributed by atoms with Gasteiger partial charge in [-0.05, 0) is 66.2 Å². The topological polar surface area (TPSA) is 84.4 Å². The molecular formula is C26H20ClFN4O3. The number of rotatable bonds is 7. The third-order valence-electron chi connectivity index (χ3n) is 5.13. The van der Waals surface area contributed by atoms with Crippen molar-refractivity contribution < 1.29 is 18.7 Å². The molecule has 176 valence electrons. The van der Waals surface area contributed by atoms with Crippen LogP contribution in [-0.4, -0.2) is 28.9 Å². The lowest BCUT2D eigenvalue weighted by atomic mass is 10.0. The van der Waals surface area contributed by atoms with E-state index in [2.05, 4.69) is 15.3 Å². The first kappa shape index (κ1) is 23.8. The fraction of sp³-hybridized carbons (Fsp3) is 0.0769. The predicted octanol–water partition coefficient (Wildman–Crippen LogP) is 5.30. The summed E-state index contributed by atoms with van der Waals surface area (Å²) in [6.07, 6.45) is 4.17. The van der Waals surface area contributed by atoms with Gasteiger partial charge in [-0.1, -0.05) is 23.7 Å². The van der Waals surface area contributed by atoms with Crippen LogP contribution in [0.5, 0.6) is 5.75 Å². The zero-order valence-corrected chi connectivity index (χ0v) is 19.3. The summed E-state index contributed by atoms with van der Waals surface area (Å²) in [7, 11) is 1.51. The van der Waals surface area contributed by atoms with Gasteiger partial charge in [0.2, 0.25) is 0 Å². The quantitative estimate of drug-likeness (QED) is 0.380. The Morgan fingerprint density at radius 2 is 1.77 bits per heavy atom. The predicted molar refractivity (Wildman–Crippen MR) is 131 cm³/mol. The van der Waals surface area contributed by atoms with Crippen molar-refractivity contribution in [1.29, 1.82) is 0 Å². The maximum Gasteiger partial charge on any atom is 0.279 e. The summed E-state index contributed by atoms with van der Waals surface area (Å²) in [6, 6.07) is 17.5. The van der Waals surface area contributed by atoms with E-state index in [1.807, 2.05) is 0 Å². The molecule has 0 saturated carbocycles. The molecule has 35 heavy (non-hydrogen) atoms. The Balaban J connectivity index is 1.85. The van der Waals surface area contributed by atoms with Crippen LogP contribution < -0.4 is 15.0 Å². The molecule has 1 aromatic heterocycles. The molecule has 0 fully saturated rings. The molecule has 0 spiro atoms. The van der Waals surface area contributed by atoms with Gasteiger partial charge in [0.1, 0.15) is 23.3 Å². The maximum atomic E-state index is 13.7. The summed E-state index contributed by atoms with van der Waals surface area (Å²) < 4.78 is 18.7. The third kappa shape index (κ3) is 5.62. The lowest BCUT2D eigenvalue weighted by Crippen LogP contribution is -2.42. The van der Waals surface area contributed by atoms with Crippen molar-refractivity contribution in [1.82, 2.24) is 9.97 Å². The van der Waals surface area contributed by atoms with Crippen LogP contribution in [0.2, 0.25) is 5.02 Å². The number of nitrogens with one attached hydrogen (secondary N) is 1. The van der Waals surface area contributed by atoms with Gasteiger partial charge in [-0.25, -0.2) is 9.37 Å². The van der Waals surface area contributed by atoms with Gasteiger partial charge in [-0.2, -0.15) is 0 Å². The summed E-state index contributed by atoms with van der Waals surface area (Å²) >= 11 is 6.08. The monoisotopic (exact) mass is 490 g/mol. The van der Waals surface area contributed by atoms with Gasteiger partial charge in [0.25, 0.3) is 11.8 Å². The first-order chi connectivity index (χ1) is 17.0. The highest BCUT2D eigenvalue weighted by molar-refractivity contribution is 6.30. The Hall–Kier alpha value is -4.30. The second-order valence-corrected chi connectivity index (χ2v) is 7.85. The van der Waals surface area contributed by atoms with E-state index >= 15 is 0 Å². The van der Waals surface area contributed by atoms with Crippen molar-refractivity contribution >= 4 is 34.8 Å². The highest BCUT2D eigenvalue weighted by Crippen LogP contribution is 2.32. The van der Waals surface area contributed by atoms with Gasteiger partial charge in [0.15, 0.2) is 0 Å². The number of ether oxygens (including phenoxy) is 1. The number of hydrogen-bond donors (Lipinski definition) is 1. The van der Waals surface area contributed by atoms with E-state index in [0.717, 1.165) is 0 Å². The smallest absolute Gasteiger partial charge is 0.279 e. The molecule has 9 heteroatoms. The van der Waals surface area contributed by atoms with E-state index in [4.69, 9.17) is 16.3 Å². The zero-order chi connectivity index (χ0) is 24.8. The van der Waals surface area contributed by atoms with E-state index in [9.17, 15) is 14.0 Å². The van der Waals surface area contributed by atoms with Gasteiger partial charge < -0.3 is 10.1 Å². The average Bonchev–Trinajstić information content (AvgIpc) is 2.89. The van der Waals surface area contributed by atoms with E-state index in [1.54, 1.807) is 48.5 Å². The molecule has 0 saturated heterocycles. The Labute approximate surface area is 206 Å². The number of benzene rings is 3. The fourth-order valence-corrected chi connectivity index (χ4v) is 3.62. The molecule has 0 aliphatic carbocycles. The van der Waals surface area contributed by atoms with Crippen LogP contribution in [0.15, 0.2) is 91.4 Å². The second-order valence-electron chi connectivity index (χ2n) is 7.42. The van der Waals surface area contributed by atoms with Crippen molar-refractivity contribution in [2.24, 2.45) is 0 Å². The first-order valence-electron chi connectivity index (χ1n) is 10.5. The van der Waals surface area contributed by atoms with Gasteiger partial charge in [-0.3, -0.25) is 19.5 Å². The van der Waals surface area contributed by atoms with Crippen molar-refractivity contribution in [2.75, 3.05) is 17.3 Å². The van der Waals surface area contributed by atoms with Crippen molar-refractivity contribution in [3.63, 3.8) is 0 Å². The van der Waals surface area contributed by atoms with E-state index in [1.165, 1.54) is 54.9 Å². The normalized spacial score (nSPS) is 11.4. The summed E-state index contributed by atoms with van der Waals surface area (Å²) in [5.74, 6) is -1.02. The molecule has 2 amide bonds. The standard InChI is InChI=1S/C26H20ClFN4O3/c1-35-22-4-2-3-17(15-22)24(25(33)31-20-9-7-19(28)8-10-20)32(21-11-5-18(27)6-12-21)26(34)23-16-29-13-14-30-23/h2-16,24H,1H3,(H,31,33)/t24-/m1/s1. The number of anilines is 2. The van der Waals surface area contributed by atoms with Crippen LogP contribution in [0.1, 0.15) is 22.1 Å². The average molecular weight is 491 g/mol. The van der Waals surface area contributed by atoms with Gasteiger partial charge in [-0.15, -0.1) is 0 Å². The molecule has 1 atom stereocenters. The lowest BCUT2D eigenvalue weighted by Gasteiger charge is -2.31. The molecule has 0 aliphatic rings. The number of amides is 2. The number of nitrogens with zero attached hydrogens (tertiary/aromatic N) is 3. The molecule has 3 aromatic carbocycles. The van der Waals surface area contributed by atoms with Crippen LogP contribution in [-0.2, 0) is 4.79 Å². The number of carbonyl (C=O) groups excluding carboxylic acids is 2. The Morgan fingerprint density at radius 3 is 2.43 bits per heavy atom. The molecule has 0 unspecified atom stereocenters. The maximum absolute atomic E-state index is 13.7. The molecule has 0 radical (unpaired) electrons. The SMILES string of the molecule is COc1cccc([C@H](C(=O)Nc2ccc(F)cc2)N(C(=O)c2cnccn2)c2ccc(Cl)cc2)c1. The van der Waals surface area contributed by atoms with Crippen LogP contribution >= 0.6 is 11.6 Å². The van der Waals surface area contributed by atoms with Crippen LogP contribution in [0.4, 0.5) is 15.8 Å². The van der Waals surface area contributed by atoms with Crippen LogP contribution in [0, 0.1) is 5.82 Å². The number of aromatic nitrogens is 2. The minimum atomic E-state index is -1.15. The van der Waals surface area contributed by atoms with Crippen molar-refractivity contribution in [3.8, 4) is 5.75 Å². The van der Waals surface area contributed by atoms with Gasteiger partial charge >= 0.3 is 0 Å². The van der Waals surface area contributed by atoms with Gasteiger partial charge in [0, 0.05) is 28.8 Å². The summed E-state index contributed by atoms with van der Waals surface area (Å²) in [5, 5.41) is 3.24. The second kappa shape index (κ2) is 10.8. The van der Waals surface area contributed by atoms with E-state index in [-0.39, 0.29) is 5.69 Å². The molecule has 4 aromatic rings. The fourth-order valence-electron chi connectivity index (χ4n) is 3.49. The van der Waals surface area contributed by atoms with Crippen LogP contribution in [0.3, 0.4) is 0 Å². The van der Waals surface area contributed by atoms with Crippen molar-refractivity contribution in [2.45, 2.75) is 6.04 Å². The highest BCUT2D eigenvalue weighted by Gasteiger charge is 2.34. The molecule has 4 rings (SSSR count). The first-order valence-corrected chi connectivity index (χ1v) is 10.9. The van der Waals surface area contributed by atoms with E-state index < -0.39 is 23.7 Å². The van der Waals surface area contributed by atoms with Gasteiger partial charge in [0.05, 0.1) is 13.3 Å². The highest BCUT2D eigenvalue weighted by atomic mass is 35.5. The molecule has 7 nitrogen and oxygen atoms in total. The number of hydrogen-bond acceptors (Lipinski definition) is 5. The summed E-state index contributed by atoms with van der Waals surface area (Å²) in [5.41, 5.74) is 1.31. The number of carbonyl (C=O) groups is 2. The lowest BCUT2D eigenvalue weighted by molar-refractivity contribution is -0.117. The Morgan fingerprint density at radius 1 is 1.03 bits per heavy atom. The van der Waals surface area contributed by atoms with Crippen molar-refractivity contribution in [3.05, 3.63) is 113 Å². The largest absolute Gasteiger partial charge is 0.497 e. The Kier molecular flexibility index (Phi) is 7.32. The summed E-state index contributed by atoms with van der Waals surface area (Å²) in [6.45, 7) is 0. The zero-order valence-electron chi connectivity index (χ0n) is 18.6. The Bertz CT molecular complexity index is 1320.